The first-order valence-electron chi connectivity index (χ1n) is 10.7. The first-order chi connectivity index (χ1) is 16.0. The molecule has 2 aromatic heterocycles. The molecule has 10 heteroatoms. The van der Waals surface area contributed by atoms with Crippen molar-refractivity contribution in [3.05, 3.63) is 90.3 Å². The number of amides is 2. The van der Waals surface area contributed by atoms with Crippen molar-refractivity contribution in [3.63, 3.8) is 0 Å². The summed E-state index contributed by atoms with van der Waals surface area (Å²) in [5, 5.41) is 24.9. The van der Waals surface area contributed by atoms with Gasteiger partial charge in [0.05, 0.1) is 12.1 Å². The van der Waals surface area contributed by atoms with E-state index in [0.717, 1.165) is 12.0 Å². The van der Waals surface area contributed by atoms with Crippen LogP contribution in [0.3, 0.4) is 0 Å². The fourth-order valence-corrected chi connectivity index (χ4v) is 3.34. The first kappa shape index (κ1) is 24.0. The van der Waals surface area contributed by atoms with Crippen LogP contribution >= 0.6 is 0 Å². The molecule has 0 fully saturated rings. The molecular weight excluding hydrogens is 421 g/mol. The van der Waals surface area contributed by atoms with Crippen LogP contribution < -0.4 is 10.6 Å². The molecule has 9 nitrogen and oxygen atoms in total. The molecule has 0 bridgehead atoms. The molecule has 170 valence electrons. The van der Waals surface area contributed by atoms with Crippen molar-refractivity contribution >= 4 is 18.9 Å². The average molecular weight is 447 g/mol. The number of carbonyl (C=O) groups is 2. The van der Waals surface area contributed by atoms with Gasteiger partial charge in [0.15, 0.2) is 0 Å². The van der Waals surface area contributed by atoms with Gasteiger partial charge in [-0.05, 0) is 37.0 Å². The monoisotopic (exact) mass is 447 g/mol. The number of rotatable bonds is 11. The van der Waals surface area contributed by atoms with E-state index in [1.54, 1.807) is 24.4 Å². The van der Waals surface area contributed by atoms with E-state index >= 15 is 0 Å². The van der Waals surface area contributed by atoms with Crippen molar-refractivity contribution < 1.29 is 19.6 Å². The van der Waals surface area contributed by atoms with Gasteiger partial charge in [-0.3, -0.25) is 19.6 Å². The van der Waals surface area contributed by atoms with Crippen LogP contribution in [0.2, 0.25) is 0 Å². The van der Waals surface area contributed by atoms with Crippen molar-refractivity contribution in [3.8, 4) is 0 Å². The number of pyridine rings is 1. The Morgan fingerprint density at radius 1 is 0.939 bits per heavy atom. The van der Waals surface area contributed by atoms with Crippen LogP contribution in [-0.4, -0.2) is 55.9 Å². The number of hydrogen-bond acceptors (Lipinski definition) is 7. The summed E-state index contributed by atoms with van der Waals surface area (Å²) in [5.41, 5.74) is 1.79. The summed E-state index contributed by atoms with van der Waals surface area (Å²) < 4.78 is 0. The molecule has 0 aliphatic heterocycles. The maximum Gasteiger partial charge on any atom is 0.475 e. The number of carbonyl (C=O) groups excluding carboxylic acids is 2. The predicted molar refractivity (Wildman–Crippen MR) is 123 cm³/mol. The molecule has 1 aromatic carbocycles. The molecule has 0 saturated heterocycles. The summed E-state index contributed by atoms with van der Waals surface area (Å²) in [4.78, 5) is 37.7. The Bertz CT molecular complexity index is 1010. The molecular formula is C23H26BN5O4. The second-order valence-electron chi connectivity index (χ2n) is 7.55. The highest BCUT2D eigenvalue weighted by molar-refractivity contribution is 6.43. The molecule has 33 heavy (non-hydrogen) atoms. The maximum absolute atomic E-state index is 13.1. The third-order valence-electron chi connectivity index (χ3n) is 5.07. The minimum Gasteiger partial charge on any atom is -0.426 e. The second-order valence-corrected chi connectivity index (χ2v) is 7.55. The highest BCUT2D eigenvalue weighted by Gasteiger charge is 2.30. The van der Waals surface area contributed by atoms with Gasteiger partial charge in [0.2, 0.25) is 5.91 Å². The Balaban J connectivity index is 1.66. The molecule has 0 radical (unpaired) electrons. The zero-order valence-corrected chi connectivity index (χ0v) is 18.0. The van der Waals surface area contributed by atoms with Crippen LogP contribution in [0.1, 0.15) is 34.6 Å². The van der Waals surface area contributed by atoms with Crippen molar-refractivity contribution in [2.75, 3.05) is 0 Å². The van der Waals surface area contributed by atoms with Crippen LogP contribution in [0, 0.1) is 0 Å². The molecule has 3 aromatic rings. The maximum atomic E-state index is 13.1. The van der Waals surface area contributed by atoms with Crippen LogP contribution in [0.15, 0.2) is 73.3 Å². The van der Waals surface area contributed by atoms with E-state index < -0.39 is 30.9 Å². The molecule has 0 aliphatic rings. The Morgan fingerprint density at radius 3 is 2.39 bits per heavy atom. The number of nitrogens with zero attached hydrogens (tertiary/aromatic N) is 3. The summed E-state index contributed by atoms with van der Waals surface area (Å²) in [6.45, 7) is 0. The highest BCUT2D eigenvalue weighted by Crippen LogP contribution is 2.09. The van der Waals surface area contributed by atoms with E-state index in [1.165, 1.54) is 18.6 Å². The third-order valence-corrected chi connectivity index (χ3v) is 5.07. The van der Waals surface area contributed by atoms with E-state index in [1.807, 2.05) is 30.3 Å². The minimum atomic E-state index is -1.74. The topological polar surface area (TPSA) is 137 Å². The molecule has 4 N–H and O–H groups in total. The molecule has 0 spiro atoms. The van der Waals surface area contributed by atoms with Crippen LogP contribution in [-0.2, 0) is 17.6 Å². The van der Waals surface area contributed by atoms with Crippen LogP contribution in [0.5, 0.6) is 0 Å². The first-order valence-corrected chi connectivity index (χ1v) is 10.7. The van der Waals surface area contributed by atoms with Gasteiger partial charge in [-0.1, -0.05) is 36.4 Å². The molecule has 0 aliphatic carbocycles. The standard InChI is InChI=1S/C23H26BN5O4/c30-22(29-21(24(32)33)11-6-9-17-7-2-1-3-8-17)19(15-18-10-4-5-12-26-18)28-23(31)20-16-25-13-14-27-20/h1-5,7-8,10,12-14,16,19,21,32-33H,6,9,11,15H2,(H,28,31)(H,29,30)/t19-,21+/m1/s1. The second kappa shape index (κ2) is 12.4. The van der Waals surface area contributed by atoms with E-state index in [2.05, 4.69) is 25.6 Å². The lowest BCUT2D eigenvalue weighted by Gasteiger charge is -2.23. The SMILES string of the molecule is O=C(N[C@H](Cc1ccccn1)C(=O)N[C@@H](CCCc1ccccc1)B(O)O)c1cnccn1. The van der Waals surface area contributed by atoms with Gasteiger partial charge in [-0.2, -0.15) is 0 Å². The lowest BCUT2D eigenvalue weighted by molar-refractivity contribution is -0.123. The average Bonchev–Trinajstić information content (AvgIpc) is 2.84. The van der Waals surface area contributed by atoms with E-state index in [-0.39, 0.29) is 12.1 Å². The van der Waals surface area contributed by atoms with Gasteiger partial charge in [0, 0.05) is 30.7 Å². The number of aryl methyl sites for hydroxylation is 1. The zero-order valence-electron chi connectivity index (χ0n) is 18.0. The van der Waals surface area contributed by atoms with Gasteiger partial charge in [-0.15, -0.1) is 0 Å². The number of aromatic nitrogens is 3. The minimum absolute atomic E-state index is 0.0675. The molecule has 2 atom stereocenters. The molecule has 2 amide bonds. The van der Waals surface area contributed by atoms with E-state index in [9.17, 15) is 19.6 Å². The van der Waals surface area contributed by atoms with Crippen molar-refractivity contribution in [1.29, 1.82) is 0 Å². The highest BCUT2D eigenvalue weighted by atomic mass is 16.4. The predicted octanol–water partition coefficient (Wildman–Crippen LogP) is 0.732. The Hall–Kier alpha value is -3.63. The van der Waals surface area contributed by atoms with Gasteiger partial charge in [0.25, 0.3) is 5.91 Å². The number of benzene rings is 1. The van der Waals surface area contributed by atoms with Gasteiger partial charge in [-0.25, -0.2) is 4.98 Å². The van der Waals surface area contributed by atoms with Gasteiger partial charge < -0.3 is 20.7 Å². The Morgan fingerprint density at radius 2 is 1.73 bits per heavy atom. The lowest BCUT2D eigenvalue weighted by atomic mass is 9.76. The van der Waals surface area contributed by atoms with Crippen molar-refractivity contribution in [2.24, 2.45) is 0 Å². The molecule has 0 saturated carbocycles. The number of nitrogens with one attached hydrogen (secondary N) is 2. The molecule has 2 heterocycles. The largest absolute Gasteiger partial charge is 0.475 e. The summed E-state index contributed by atoms with van der Waals surface area (Å²) in [5.74, 6) is -2.00. The summed E-state index contributed by atoms with van der Waals surface area (Å²) >= 11 is 0. The van der Waals surface area contributed by atoms with Crippen LogP contribution in [0.25, 0.3) is 0 Å². The summed E-state index contributed by atoms with van der Waals surface area (Å²) in [6.07, 6.45) is 7.58. The summed E-state index contributed by atoms with van der Waals surface area (Å²) in [6, 6.07) is 14.1. The Labute approximate surface area is 192 Å². The van der Waals surface area contributed by atoms with Crippen molar-refractivity contribution in [1.82, 2.24) is 25.6 Å². The van der Waals surface area contributed by atoms with E-state index in [4.69, 9.17) is 0 Å². The van der Waals surface area contributed by atoms with E-state index in [0.29, 0.717) is 18.5 Å². The lowest BCUT2D eigenvalue weighted by Crippen LogP contribution is -2.54. The van der Waals surface area contributed by atoms with Crippen LogP contribution in [0.4, 0.5) is 0 Å². The Kier molecular flexibility index (Phi) is 9.04. The molecule has 0 unspecified atom stereocenters. The number of hydrogen-bond donors (Lipinski definition) is 4. The smallest absolute Gasteiger partial charge is 0.426 e. The summed E-state index contributed by atoms with van der Waals surface area (Å²) in [7, 11) is -1.74. The normalized spacial score (nSPS) is 12.4. The van der Waals surface area contributed by atoms with Gasteiger partial charge >= 0.3 is 7.12 Å². The fraction of sp³-hybridized carbons (Fsp3) is 0.261. The molecule has 3 rings (SSSR count). The van der Waals surface area contributed by atoms with Gasteiger partial charge in [0.1, 0.15) is 11.7 Å². The third kappa shape index (κ3) is 7.78. The quantitative estimate of drug-likeness (QED) is 0.318. The van der Waals surface area contributed by atoms with Crippen molar-refractivity contribution in [2.45, 2.75) is 37.7 Å². The fourth-order valence-electron chi connectivity index (χ4n) is 3.34. The zero-order chi connectivity index (χ0) is 23.5.